The first-order valence-electron chi connectivity index (χ1n) is 7.54. The van der Waals surface area contributed by atoms with Gasteiger partial charge in [-0.05, 0) is 6.92 Å². The van der Waals surface area contributed by atoms with Gasteiger partial charge in [-0.25, -0.2) is 9.98 Å². The Balaban J connectivity index is 2.03. The summed E-state index contributed by atoms with van der Waals surface area (Å²) in [5.41, 5.74) is 0.0863. The van der Waals surface area contributed by atoms with E-state index in [-0.39, 0.29) is 24.5 Å². The highest BCUT2D eigenvalue weighted by molar-refractivity contribution is 5.81. The molecule has 0 bridgehead atoms. The van der Waals surface area contributed by atoms with Crippen molar-refractivity contribution in [2.24, 2.45) is 4.99 Å². The van der Waals surface area contributed by atoms with E-state index in [4.69, 9.17) is 4.74 Å². The summed E-state index contributed by atoms with van der Waals surface area (Å²) in [5, 5.41) is 19.1. The van der Waals surface area contributed by atoms with Crippen molar-refractivity contribution in [3.63, 3.8) is 0 Å². The highest BCUT2D eigenvalue weighted by Crippen LogP contribution is 2.30. The van der Waals surface area contributed by atoms with Gasteiger partial charge in [0.25, 0.3) is 5.56 Å². The molecule has 1 saturated heterocycles. The molecule has 0 spiro atoms. The number of aliphatic hydroxyl groups excluding tert-OH is 2. The summed E-state index contributed by atoms with van der Waals surface area (Å²) in [7, 11) is 3.67. The maximum absolute atomic E-state index is 12.2. The van der Waals surface area contributed by atoms with Crippen molar-refractivity contribution >= 4 is 22.9 Å². The molecule has 3 atom stereocenters. The smallest absolute Gasteiger partial charge is 0.280 e. The maximum atomic E-state index is 12.2. The minimum absolute atomic E-state index is 0.165. The third kappa shape index (κ3) is 2.90. The van der Waals surface area contributed by atoms with Crippen molar-refractivity contribution in [2.75, 3.05) is 20.7 Å². The monoisotopic (exact) mass is 336 g/mol. The first-order valence-corrected chi connectivity index (χ1v) is 7.54. The number of hydrogen-bond donors (Lipinski definition) is 3. The number of H-pyrrole nitrogens is 1. The van der Waals surface area contributed by atoms with Gasteiger partial charge in [-0.1, -0.05) is 0 Å². The summed E-state index contributed by atoms with van der Waals surface area (Å²) in [6.45, 7) is 1.51. The van der Waals surface area contributed by atoms with Crippen LogP contribution in [0.5, 0.6) is 0 Å². The van der Waals surface area contributed by atoms with Crippen LogP contribution in [0.4, 0.5) is 5.95 Å². The van der Waals surface area contributed by atoms with E-state index in [9.17, 15) is 15.0 Å². The van der Waals surface area contributed by atoms with E-state index in [2.05, 4.69) is 19.9 Å². The average molecular weight is 336 g/mol. The summed E-state index contributed by atoms with van der Waals surface area (Å²) >= 11 is 0. The predicted octanol–water partition coefficient (Wildman–Crippen LogP) is -0.628. The Labute approximate surface area is 137 Å². The van der Waals surface area contributed by atoms with Gasteiger partial charge in [0, 0.05) is 20.5 Å². The minimum atomic E-state index is -0.784. The highest BCUT2D eigenvalue weighted by Gasteiger charge is 2.35. The van der Waals surface area contributed by atoms with Crippen molar-refractivity contribution in [3.05, 3.63) is 16.7 Å². The Hall–Kier alpha value is -2.30. The fourth-order valence-electron chi connectivity index (χ4n) is 2.48. The number of aromatic nitrogens is 4. The molecule has 1 unspecified atom stereocenters. The molecule has 1 aliphatic heterocycles. The van der Waals surface area contributed by atoms with Gasteiger partial charge in [-0.3, -0.25) is 14.3 Å². The Bertz CT molecular complexity index is 826. The quantitative estimate of drug-likeness (QED) is 0.503. The van der Waals surface area contributed by atoms with Gasteiger partial charge >= 0.3 is 0 Å². The van der Waals surface area contributed by atoms with Gasteiger partial charge in [0.2, 0.25) is 5.95 Å². The van der Waals surface area contributed by atoms with Crippen LogP contribution in [-0.4, -0.2) is 73.4 Å². The van der Waals surface area contributed by atoms with Crippen LogP contribution < -0.4 is 5.56 Å². The number of rotatable bonds is 3. The van der Waals surface area contributed by atoms with Crippen LogP contribution in [0.15, 0.2) is 16.1 Å². The van der Waals surface area contributed by atoms with E-state index in [1.807, 2.05) is 14.1 Å². The first-order chi connectivity index (χ1) is 11.4. The van der Waals surface area contributed by atoms with E-state index in [0.29, 0.717) is 11.5 Å². The fraction of sp³-hybridized carbons (Fsp3) is 0.571. The summed E-state index contributed by atoms with van der Waals surface area (Å²) < 4.78 is 7.18. The van der Waals surface area contributed by atoms with Crippen LogP contribution >= 0.6 is 0 Å². The van der Waals surface area contributed by atoms with E-state index < -0.39 is 24.0 Å². The standard InChI is InChI=1S/C14H20N6O4/c1-7(19(2)3)16-14-17-12-11(13(23)18-14)15-6-20(12)10-4-8(22)9(5-21)24-10/h6,8-10,21-22H,4-5H2,1-3H3,(H,17,18,23)/b16-7+/t8?,9-,10-/m1/s1. The lowest BCUT2D eigenvalue weighted by Crippen LogP contribution is -2.24. The number of ether oxygens (including phenoxy) is 1. The van der Waals surface area contributed by atoms with Gasteiger partial charge in [-0.15, -0.1) is 0 Å². The van der Waals surface area contributed by atoms with Gasteiger partial charge in [0.15, 0.2) is 11.2 Å². The third-order valence-electron chi connectivity index (χ3n) is 4.03. The third-order valence-corrected chi connectivity index (χ3v) is 4.03. The van der Waals surface area contributed by atoms with Crippen LogP contribution in [0.25, 0.3) is 11.2 Å². The second-order valence-corrected chi connectivity index (χ2v) is 5.88. The van der Waals surface area contributed by atoms with Gasteiger partial charge < -0.3 is 19.8 Å². The number of aromatic amines is 1. The first kappa shape index (κ1) is 16.6. The molecule has 1 aliphatic rings. The van der Waals surface area contributed by atoms with Crippen molar-refractivity contribution in [2.45, 2.75) is 31.8 Å². The Kier molecular flexibility index (Phi) is 4.35. The molecule has 0 aliphatic carbocycles. The zero-order valence-corrected chi connectivity index (χ0v) is 13.7. The van der Waals surface area contributed by atoms with E-state index >= 15 is 0 Å². The van der Waals surface area contributed by atoms with Crippen LogP contribution in [-0.2, 0) is 4.74 Å². The molecule has 0 saturated carbocycles. The number of nitrogens with one attached hydrogen (secondary N) is 1. The predicted molar refractivity (Wildman–Crippen MR) is 86.2 cm³/mol. The van der Waals surface area contributed by atoms with E-state index in [1.165, 1.54) is 6.33 Å². The SMILES string of the molecule is C/C(=N\c1nc2c(ncn2[C@H]2CC(O)[C@@H](CO)O2)c(=O)[nH]1)N(C)C. The Morgan fingerprint density at radius 2 is 2.33 bits per heavy atom. The molecular formula is C14H20N6O4. The number of aliphatic hydroxyl groups is 2. The zero-order chi connectivity index (χ0) is 17.4. The number of imidazole rings is 1. The lowest BCUT2D eigenvalue weighted by molar-refractivity contribution is -0.0432. The summed E-state index contributed by atoms with van der Waals surface area (Å²) in [6, 6.07) is 0. The Morgan fingerprint density at radius 1 is 1.58 bits per heavy atom. The van der Waals surface area contributed by atoms with Gasteiger partial charge in [-0.2, -0.15) is 4.98 Å². The van der Waals surface area contributed by atoms with Crippen LogP contribution in [0.1, 0.15) is 19.6 Å². The second-order valence-electron chi connectivity index (χ2n) is 5.88. The summed E-state index contributed by atoms with van der Waals surface area (Å²) in [6.07, 6.45) is -0.282. The molecule has 3 N–H and O–H groups in total. The number of amidine groups is 1. The van der Waals surface area contributed by atoms with Crippen molar-refractivity contribution in [1.82, 2.24) is 24.4 Å². The maximum Gasteiger partial charge on any atom is 0.280 e. The average Bonchev–Trinajstić information content (AvgIpc) is 3.10. The van der Waals surface area contributed by atoms with E-state index in [1.54, 1.807) is 16.4 Å². The molecule has 10 heteroatoms. The lowest BCUT2D eigenvalue weighted by Gasteiger charge is -2.14. The van der Waals surface area contributed by atoms with Gasteiger partial charge in [0.05, 0.1) is 19.0 Å². The van der Waals surface area contributed by atoms with Crippen molar-refractivity contribution in [3.8, 4) is 0 Å². The molecule has 0 amide bonds. The van der Waals surface area contributed by atoms with Crippen LogP contribution in [0, 0.1) is 0 Å². The largest absolute Gasteiger partial charge is 0.394 e. The van der Waals surface area contributed by atoms with Crippen LogP contribution in [0.3, 0.4) is 0 Å². The minimum Gasteiger partial charge on any atom is -0.394 e. The molecule has 3 heterocycles. The molecule has 2 aromatic heterocycles. The number of hydrogen-bond acceptors (Lipinski definition) is 7. The second kappa shape index (κ2) is 6.30. The number of fused-ring (bicyclic) bond motifs is 1. The van der Waals surface area contributed by atoms with Crippen LogP contribution in [0.2, 0.25) is 0 Å². The Morgan fingerprint density at radius 3 is 2.96 bits per heavy atom. The molecule has 0 aromatic carbocycles. The summed E-state index contributed by atoms with van der Waals surface area (Å²) in [5.74, 6) is 0.842. The zero-order valence-electron chi connectivity index (χ0n) is 13.7. The highest BCUT2D eigenvalue weighted by atomic mass is 16.5. The molecule has 2 aromatic rings. The molecule has 24 heavy (non-hydrogen) atoms. The fourth-order valence-corrected chi connectivity index (χ4v) is 2.48. The van der Waals surface area contributed by atoms with Gasteiger partial charge in [0.1, 0.15) is 18.2 Å². The number of aliphatic imine (C=N–C) groups is 1. The molecule has 1 fully saturated rings. The normalized spacial score (nSPS) is 24.7. The van der Waals surface area contributed by atoms with E-state index in [0.717, 1.165) is 0 Å². The van der Waals surface area contributed by atoms with Crippen molar-refractivity contribution < 1.29 is 14.9 Å². The summed E-state index contributed by atoms with van der Waals surface area (Å²) in [4.78, 5) is 29.2. The lowest BCUT2D eigenvalue weighted by atomic mass is 10.2. The van der Waals surface area contributed by atoms with Crippen molar-refractivity contribution in [1.29, 1.82) is 0 Å². The molecular weight excluding hydrogens is 316 g/mol. The molecule has 0 radical (unpaired) electrons. The topological polar surface area (TPSA) is 129 Å². The molecule has 3 rings (SSSR count). The molecule has 10 nitrogen and oxygen atoms in total. The molecule has 130 valence electrons. The number of nitrogens with zero attached hydrogens (tertiary/aromatic N) is 5.